The predicted octanol–water partition coefficient (Wildman–Crippen LogP) is 2.28. The van der Waals surface area contributed by atoms with Crippen LogP contribution in [0, 0.1) is 5.92 Å². The number of hydrogen-bond donors (Lipinski definition) is 1. The van der Waals surface area contributed by atoms with Crippen LogP contribution in [0.4, 0.5) is 8.78 Å². The first kappa shape index (κ1) is 11.6. The summed E-state index contributed by atoms with van der Waals surface area (Å²) in [4.78, 5) is 14.1. The third-order valence-corrected chi connectivity index (χ3v) is 2.08. The van der Waals surface area contributed by atoms with Crippen molar-refractivity contribution in [2.75, 3.05) is 0 Å². The molecule has 0 radical (unpaired) electrons. The largest absolute Gasteiger partial charge is 0.481 e. The molecule has 0 saturated heterocycles. The Kier molecular flexibility index (Phi) is 3.71. The molecule has 1 unspecified atom stereocenters. The van der Waals surface area contributed by atoms with Gasteiger partial charge in [0.25, 0.3) is 6.43 Å². The smallest absolute Gasteiger partial charge is 0.306 e. The first-order valence-corrected chi connectivity index (χ1v) is 4.47. The predicted molar refractivity (Wildman–Crippen MR) is 49.7 cm³/mol. The van der Waals surface area contributed by atoms with Crippen molar-refractivity contribution >= 4 is 5.97 Å². The number of carbonyl (C=O) groups is 1. The highest BCUT2D eigenvalue weighted by atomic mass is 19.3. The fourth-order valence-corrected chi connectivity index (χ4v) is 1.24. The number of carboxylic acids is 1. The molecule has 1 N–H and O–H groups in total. The van der Waals surface area contributed by atoms with E-state index in [2.05, 4.69) is 4.98 Å². The van der Waals surface area contributed by atoms with E-state index in [4.69, 9.17) is 5.11 Å². The van der Waals surface area contributed by atoms with Crippen molar-refractivity contribution in [1.82, 2.24) is 4.98 Å². The molecule has 0 bridgehead atoms. The molecule has 0 spiro atoms. The quantitative estimate of drug-likeness (QED) is 0.838. The van der Waals surface area contributed by atoms with Gasteiger partial charge in [-0.3, -0.25) is 9.78 Å². The van der Waals surface area contributed by atoms with Crippen LogP contribution in [-0.4, -0.2) is 16.1 Å². The molecule has 1 aromatic rings. The van der Waals surface area contributed by atoms with E-state index in [1.807, 2.05) is 0 Å². The highest BCUT2D eigenvalue weighted by molar-refractivity contribution is 5.69. The molecule has 1 heterocycles. The van der Waals surface area contributed by atoms with Crippen LogP contribution in [0.3, 0.4) is 0 Å². The van der Waals surface area contributed by atoms with Crippen LogP contribution < -0.4 is 0 Å². The monoisotopic (exact) mass is 215 g/mol. The van der Waals surface area contributed by atoms with Gasteiger partial charge in [0, 0.05) is 6.20 Å². The number of nitrogens with zero attached hydrogens (tertiary/aromatic N) is 1. The zero-order valence-electron chi connectivity index (χ0n) is 8.15. The van der Waals surface area contributed by atoms with E-state index in [9.17, 15) is 13.6 Å². The molecule has 1 atom stereocenters. The van der Waals surface area contributed by atoms with Crippen molar-refractivity contribution in [3.8, 4) is 0 Å². The molecular formula is C10H11F2NO2. The van der Waals surface area contributed by atoms with E-state index in [1.165, 1.54) is 25.3 Å². The Hall–Kier alpha value is -1.52. The summed E-state index contributed by atoms with van der Waals surface area (Å²) in [5, 5.41) is 8.66. The zero-order chi connectivity index (χ0) is 11.4. The van der Waals surface area contributed by atoms with Crippen LogP contribution in [-0.2, 0) is 11.2 Å². The van der Waals surface area contributed by atoms with Gasteiger partial charge in [0.05, 0.1) is 5.92 Å². The van der Waals surface area contributed by atoms with Crippen molar-refractivity contribution in [3.63, 3.8) is 0 Å². The van der Waals surface area contributed by atoms with Crippen LogP contribution in [0.1, 0.15) is 24.6 Å². The van der Waals surface area contributed by atoms with Crippen LogP contribution in [0.15, 0.2) is 18.3 Å². The lowest BCUT2D eigenvalue weighted by Gasteiger charge is -2.09. The Labute approximate surface area is 85.8 Å². The number of carboxylic acid groups (broad SMARTS) is 1. The van der Waals surface area contributed by atoms with Crippen LogP contribution >= 0.6 is 0 Å². The Morgan fingerprint density at radius 2 is 2.27 bits per heavy atom. The van der Waals surface area contributed by atoms with E-state index in [0.29, 0.717) is 5.56 Å². The molecule has 0 aliphatic carbocycles. The summed E-state index contributed by atoms with van der Waals surface area (Å²) in [5.41, 5.74) is -0.0343. The fraction of sp³-hybridized carbons (Fsp3) is 0.400. The third-order valence-electron chi connectivity index (χ3n) is 2.08. The number of hydrogen-bond acceptors (Lipinski definition) is 2. The van der Waals surface area contributed by atoms with E-state index in [1.54, 1.807) is 0 Å². The third kappa shape index (κ3) is 2.97. The number of aromatic nitrogens is 1. The minimum absolute atomic E-state index is 0.0723. The van der Waals surface area contributed by atoms with Gasteiger partial charge >= 0.3 is 5.97 Å². The molecule has 5 heteroatoms. The minimum Gasteiger partial charge on any atom is -0.481 e. The Morgan fingerprint density at radius 3 is 2.80 bits per heavy atom. The first-order chi connectivity index (χ1) is 7.02. The number of aliphatic carboxylic acids is 1. The molecule has 0 fully saturated rings. The van der Waals surface area contributed by atoms with Gasteiger partial charge in [0.1, 0.15) is 5.69 Å². The molecule has 15 heavy (non-hydrogen) atoms. The topological polar surface area (TPSA) is 50.2 Å². The molecule has 3 nitrogen and oxygen atoms in total. The van der Waals surface area contributed by atoms with Crippen molar-refractivity contribution in [2.24, 2.45) is 5.92 Å². The van der Waals surface area contributed by atoms with E-state index < -0.39 is 18.3 Å². The summed E-state index contributed by atoms with van der Waals surface area (Å²) in [5.74, 6) is -1.69. The number of halogens is 2. The molecule has 0 aliphatic rings. The number of pyridine rings is 1. The Bertz CT molecular complexity index is 355. The van der Waals surface area contributed by atoms with Crippen molar-refractivity contribution in [1.29, 1.82) is 0 Å². The van der Waals surface area contributed by atoms with E-state index in [0.717, 1.165) is 0 Å². The molecular weight excluding hydrogens is 204 g/mol. The fourth-order valence-electron chi connectivity index (χ4n) is 1.24. The lowest BCUT2D eigenvalue weighted by molar-refractivity contribution is -0.141. The lowest BCUT2D eigenvalue weighted by atomic mass is 10.0. The summed E-state index contributed by atoms with van der Waals surface area (Å²) in [6.07, 6.45) is -1.32. The van der Waals surface area contributed by atoms with Crippen molar-refractivity contribution < 1.29 is 18.7 Å². The first-order valence-electron chi connectivity index (χ1n) is 4.47. The standard InChI is InChI=1S/C10H11F2NO2/c1-6(10(14)15)5-7-3-2-4-13-8(7)9(11)12/h2-4,6,9H,5H2,1H3,(H,14,15). The molecule has 1 rings (SSSR count). The van der Waals surface area contributed by atoms with Crippen molar-refractivity contribution in [3.05, 3.63) is 29.6 Å². The van der Waals surface area contributed by atoms with Gasteiger partial charge in [0.2, 0.25) is 0 Å². The molecule has 82 valence electrons. The van der Waals surface area contributed by atoms with E-state index in [-0.39, 0.29) is 12.1 Å². The molecule has 0 aliphatic heterocycles. The summed E-state index contributed by atoms with van der Waals surface area (Å²) in [6.45, 7) is 1.48. The second-order valence-corrected chi connectivity index (χ2v) is 3.29. The lowest BCUT2D eigenvalue weighted by Crippen LogP contribution is -2.13. The maximum absolute atomic E-state index is 12.5. The summed E-state index contributed by atoms with van der Waals surface area (Å²) < 4.78 is 24.9. The van der Waals surface area contributed by atoms with Gasteiger partial charge < -0.3 is 5.11 Å². The van der Waals surface area contributed by atoms with Gasteiger partial charge in [-0.1, -0.05) is 13.0 Å². The zero-order valence-corrected chi connectivity index (χ0v) is 8.15. The second kappa shape index (κ2) is 4.82. The SMILES string of the molecule is CC(Cc1cccnc1C(F)F)C(=O)O. The Balaban J connectivity index is 2.89. The summed E-state index contributed by atoms with van der Waals surface area (Å²) in [7, 11) is 0. The Morgan fingerprint density at radius 1 is 1.60 bits per heavy atom. The van der Waals surface area contributed by atoms with Crippen LogP contribution in [0.2, 0.25) is 0 Å². The molecule has 1 aromatic heterocycles. The van der Waals surface area contributed by atoms with Crippen LogP contribution in [0.25, 0.3) is 0 Å². The average molecular weight is 215 g/mol. The summed E-state index contributed by atoms with van der Waals surface area (Å²) >= 11 is 0. The molecule has 0 aromatic carbocycles. The highest BCUT2D eigenvalue weighted by Crippen LogP contribution is 2.22. The van der Waals surface area contributed by atoms with Gasteiger partial charge in [-0.05, 0) is 18.1 Å². The van der Waals surface area contributed by atoms with Gasteiger partial charge in [-0.15, -0.1) is 0 Å². The maximum atomic E-state index is 12.5. The van der Waals surface area contributed by atoms with E-state index >= 15 is 0 Å². The summed E-state index contributed by atoms with van der Waals surface area (Å²) in [6, 6.07) is 3.00. The molecule has 0 amide bonds. The van der Waals surface area contributed by atoms with Gasteiger partial charge in [0.15, 0.2) is 0 Å². The van der Waals surface area contributed by atoms with Gasteiger partial charge in [-0.2, -0.15) is 0 Å². The van der Waals surface area contributed by atoms with Gasteiger partial charge in [-0.25, -0.2) is 8.78 Å². The molecule has 0 saturated carbocycles. The minimum atomic E-state index is -2.66. The number of rotatable bonds is 4. The highest BCUT2D eigenvalue weighted by Gasteiger charge is 2.18. The van der Waals surface area contributed by atoms with Crippen molar-refractivity contribution in [2.45, 2.75) is 19.8 Å². The second-order valence-electron chi connectivity index (χ2n) is 3.29. The normalized spacial score (nSPS) is 12.8. The van der Waals surface area contributed by atoms with Crippen LogP contribution in [0.5, 0.6) is 0 Å². The maximum Gasteiger partial charge on any atom is 0.306 e. The average Bonchev–Trinajstić information content (AvgIpc) is 2.18. The number of alkyl halides is 2.